The van der Waals surface area contributed by atoms with Gasteiger partial charge in [-0.25, -0.2) is 4.98 Å². The zero-order chi connectivity index (χ0) is 19.8. The Hall–Kier alpha value is -2.06. The maximum Gasteiger partial charge on any atom is 0.496 e. The summed E-state index contributed by atoms with van der Waals surface area (Å²) in [7, 11) is -0.508. The quantitative estimate of drug-likeness (QED) is 0.785. The molecule has 1 saturated heterocycles. The molecule has 2 N–H and O–H groups in total. The van der Waals surface area contributed by atoms with Crippen molar-refractivity contribution in [2.24, 2.45) is 0 Å². The molecule has 0 saturated carbocycles. The molecule has 1 atom stereocenters. The highest BCUT2D eigenvalue weighted by molar-refractivity contribution is 6.62. The van der Waals surface area contributed by atoms with Crippen molar-refractivity contribution in [3.8, 4) is 5.75 Å². The molecule has 1 aliphatic heterocycles. The Morgan fingerprint density at radius 2 is 1.93 bits per heavy atom. The lowest BCUT2D eigenvalue weighted by molar-refractivity contribution is 0.00578. The van der Waals surface area contributed by atoms with E-state index < -0.39 is 18.3 Å². The summed E-state index contributed by atoms with van der Waals surface area (Å²) in [5.74, 6) is 0.850. The Kier molecular flexibility index (Phi) is 5.23. The summed E-state index contributed by atoms with van der Waals surface area (Å²) < 4.78 is 20.3. The van der Waals surface area contributed by atoms with Crippen LogP contribution in [0.4, 0.5) is 5.82 Å². The first-order valence-electron chi connectivity index (χ1n) is 9.44. The van der Waals surface area contributed by atoms with E-state index in [1.54, 1.807) is 12.4 Å². The molecule has 27 heavy (non-hydrogen) atoms. The zero-order valence-electron chi connectivity index (χ0n) is 17.0. The first-order chi connectivity index (χ1) is 12.6. The predicted octanol–water partition coefficient (Wildman–Crippen LogP) is 2.71. The second-order valence-electron chi connectivity index (χ2n) is 7.98. The number of hydrogen-bond acceptors (Lipinski definition) is 6. The number of ether oxygens (including phenoxy) is 1. The fraction of sp³-hybridized carbons (Fsp3) is 0.579. The summed E-state index contributed by atoms with van der Waals surface area (Å²) in [4.78, 5) is 4.28. The van der Waals surface area contributed by atoms with E-state index in [4.69, 9.17) is 19.8 Å². The van der Waals surface area contributed by atoms with E-state index in [1.165, 1.54) is 0 Å². The molecule has 1 fully saturated rings. The Morgan fingerprint density at radius 1 is 1.26 bits per heavy atom. The van der Waals surface area contributed by atoms with E-state index in [-0.39, 0.29) is 6.10 Å². The second-order valence-corrected chi connectivity index (χ2v) is 7.98. The third-order valence-electron chi connectivity index (χ3n) is 5.33. The molecule has 146 valence electrons. The van der Waals surface area contributed by atoms with Gasteiger partial charge in [0, 0.05) is 24.4 Å². The average molecular weight is 372 g/mol. The van der Waals surface area contributed by atoms with Crippen LogP contribution in [0.15, 0.2) is 24.5 Å². The minimum absolute atomic E-state index is 0.211. The van der Waals surface area contributed by atoms with Crippen molar-refractivity contribution in [2.45, 2.75) is 71.8 Å². The first kappa shape index (κ1) is 19.7. The molecule has 2 aromatic rings. The third-order valence-corrected chi connectivity index (χ3v) is 5.33. The summed E-state index contributed by atoms with van der Waals surface area (Å²) >= 11 is 0. The molecule has 8 heteroatoms. The van der Waals surface area contributed by atoms with Gasteiger partial charge in [-0.15, -0.1) is 0 Å². The van der Waals surface area contributed by atoms with Crippen LogP contribution in [0.1, 0.15) is 59.8 Å². The Balaban J connectivity index is 1.81. The molecule has 0 bridgehead atoms. The van der Waals surface area contributed by atoms with E-state index in [2.05, 4.69) is 17.0 Å². The summed E-state index contributed by atoms with van der Waals surface area (Å²) in [6.07, 6.45) is 4.25. The largest absolute Gasteiger partial charge is 0.496 e. The number of nitrogens with two attached hydrogens (primary N) is 1. The molecule has 0 aliphatic carbocycles. The highest BCUT2D eigenvalue weighted by Gasteiger charge is 2.52. The van der Waals surface area contributed by atoms with Gasteiger partial charge < -0.3 is 19.8 Å². The normalized spacial score (nSPS) is 19.3. The maximum atomic E-state index is 6.12. The van der Waals surface area contributed by atoms with E-state index in [0.717, 1.165) is 24.1 Å². The van der Waals surface area contributed by atoms with Crippen LogP contribution in [0, 0.1) is 0 Å². The number of nitrogen functional groups attached to an aromatic ring is 1. The molecular weight excluding hydrogens is 343 g/mol. The Morgan fingerprint density at radius 3 is 2.56 bits per heavy atom. The number of anilines is 1. The molecule has 3 heterocycles. The fourth-order valence-corrected chi connectivity index (χ4v) is 3.01. The van der Waals surface area contributed by atoms with Gasteiger partial charge >= 0.3 is 7.12 Å². The maximum absolute atomic E-state index is 6.12. The van der Waals surface area contributed by atoms with E-state index in [1.807, 2.05) is 51.4 Å². The van der Waals surface area contributed by atoms with Gasteiger partial charge in [-0.3, -0.25) is 4.68 Å². The third kappa shape index (κ3) is 3.82. The minimum Gasteiger partial charge on any atom is -0.481 e. The topological polar surface area (TPSA) is 84.4 Å². The Labute approximate surface area is 161 Å². The van der Waals surface area contributed by atoms with Crippen molar-refractivity contribution in [3.63, 3.8) is 0 Å². The molecule has 0 aromatic carbocycles. The lowest BCUT2D eigenvalue weighted by Gasteiger charge is -2.32. The van der Waals surface area contributed by atoms with Gasteiger partial charge in [0.25, 0.3) is 0 Å². The monoisotopic (exact) mass is 372 g/mol. The highest BCUT2D eigenvalue weighted by atomic mass is 16.7. The summed E-state index contributed by atoms with van der Waals surface area (Å²) in [5.41, 5.74) is 7.00. The average Bonchev–Trinajstić information content (AvgIpc) is 3.12. The van der Waals surface area contributed by atoms with Crippen LogP contribution in [-0.4, -0.2) is 33.1 Å². The van der Waals surface area contributed by atoms with Crippen molar-refractivity contribution in [3.05, 3.63) is 30.2 Å². The van der Waals surface area contributed by atoms with Gasteiger partial charge in [-0.05, 0) is 53.2 Å². The van der Waals surface area contributed by atoms with Crippen LogP contribution in [-0.2, 0) is 15.9 Å². The number of hydrogen-bond donors (Lipinski definition) is 1. The van der Waals surface area contributed by atoms with Crippen molar-refractivity contribution in [1.29, 1.82) is 0 Å². The molecule has 3 rings (SSSR count). The second kappa shape index (κ2) is 7.17. The molecule has 2 aromatic heterocycles. The number of aromatic nitrogens is 3. The molecule has 1 aliphatic rings. The van der Waals surface area contributed by atoms with Crippen molar-refractivity contribution in [2.75, 3.05) is 5.73 Å². The summed E-state index contributed by atoms with van der Waals surface area (Å²) in [6, 6.07) is 3.81. The molecule has 0 radical (unpaired) electrons. The lowest BCUT2D eigenvalue weighted by Crippen LogP contribution is -2.41. The lowest BCUT2D eigenvalue weighted by atomic mass is 9.80. The molecule has 7 nitrogen and oxygen atoms in total. The molecule has 0 amide bonds. The van der Waals surface area contributed by atoms with E-state index >= 15 is 0 Å². The van der Waals surface area contributed by atoms with Gasteiger partial charge in [0.2, 0.25) is 0 Å². The molecule has 0 spiro atoms. The Bertz CT molecular complexity index is 790. The minimum atomic E-state index is -0.508. The van der Waals surface area contributed by atoms with E-state index in [0.29, 0.717) is 11.6 Å². The fourth-order valence-electron chi connectivity index (χ4n) is 3.01. The van der Waals surface area contributed by atoms with Gasteiger partial charge in [0.15, 0.2) is 11.6 Å². The first-order valence-corrected chi connectivity index (χ1v) is 9.44. The van der Waals surface area contributed by atoms with Crippen LogP contribution >= 0.6 is 0 Å². The van der Waals surface area contributed by atoms with Crippen molar-refractivity contribution >= 4 is 18.4 Å². The number of nitrogens with zero attached hydrogens (tertiary/aromatic N) is 3. The van der Waals surface area contributed by atoms with Crippen molar-refractivity contribution in [1.82, 2.24) is 14.8 Å². The molecule has 1 unspecified atom stereocenters. The number of pyridine rings is 1. The standard InChI is InChI=1S/C19H29BN4O3/c1-7-10-24-15(8-9-23-24)13(2)25-16-11-14(12-22-17(16)21)20-26-18(3,4)19(5,6)27-20/h8-9,11-13H,7,10H2,1-6H3,(H2,21,22). The van der Waals surface area contributed by atoms with Crippen LogP contribution in [0.3, 0.4) is 0 Å². The van der Waals surface area contributed by atoms with Gasteiger partial charge in [-0.1, -0.05) is 6.92 Å². The van der Waals surface area contributed by atoms with Gasteiger partial charge in [0.1, 0.15) is 6.10 Å². The smallest absolute Gasteiger partial charge is 0.481 e. The predicted molar refractivity (Wildman–Crippen MR) is 106 cm³/mol. The number of rotatable bonds is 6. The van der Waals surface area contributed by atoms with E-state index in [9.17, 15) is 0 Å². The van der Waals surface area contributed by atoms with Crippen LogP contribution in [0.5, 0.6) is 5.75 Å². The SMILES string of the molecule is CCCn1nccc1C(C)Oc1cc(B2OC(C)(C)C(C)(C)O2)cnc1N. The highest BCUT2D eigenvalue weighted by Crippen LogP contribution is 2.37. The van der Waals surface area contributed by atoms with Crippen LogP contribution in [0.25, 0.3) is 0 Å². The van der Waals surface area contributed by atoms with Gasteiger partial charge in [-0.2, -0.15) is 5.10 Å². The summed E-state index contributed by atoms with van der Waals surface area (Å²) in [6.45, 7) is 13.0. The zero-order valence-corrected chi connectivity index (χ0v) is 17.0. The number of aryl methyl sites for hydroxylation is 1. The summed E-state index contributed by atoms with van der Waals surface area (Å²) in [5, 5.41) is 4.35. The van der Waals surface area contributed by atoms with Crippen LogP contribution < -0.4 is 15.9 Å². The van der Waals surface area contributed by atoms with Gasteiger partial charge in [0.05, 0.1) is 16.9 Å². The molecular formula is C19H29BN4O3. The van der Waals surface area contributed by atoms with Crippen molar-refractivity contribution < 1.29 is 14.0 Å². The van der Waals surface area contributed by atoms with Crippen LogP contribution in [0.2, 0.25) is 0 Å².